The fraction of sp³-hybridized carbons (Fsp3) is 0.318. The number of carbonyl (C=O) groups excluding carboxylic acids is 1. The summed E-state index contributed by atoms with van der Waals surface area (Å²) in [6.45, 7) is 6.08. The van der Waals surface area contributed by atoms with Crippen LogP contribution >= 0.6 is 0 Å². The first-order chi connectivity index (χ1) is 13.0. The number of carbonyl (C=O) groups is 1. The lowest BCUT2D eigenvalue weighted by Gasteiger charge is -2.18. The lowest BCUT2D eigenvalue weighted by Crippen LogP contribution is -2.32. The molecule has 1 aromatic heterocycles. The van der Waals surface area contributed by atoms with E-state index in [0.717, 1.165) is 11.1 Å². The smallest absolute Gasteiger partial charge is 0.249 e. The van der Waals surface area contributed by atoms with Crippen LogP contribution in [0.1, 0.15) is 43.3 Å². The average Bonchev–Trinajstić information content (AvgIpc) is 3.15. The molecule has 5 nitrogen and oxygen atoms in total. The molecule has 3 aromatic rings. The number of aryl methyl sites for hydroxylation is 2. The van der Waals surface area contributed by atoms with E-state index in [0.29, 0.717) is 24.6 Å². The first-order valence-electron chi connectivity index (χ1n) is 9.27. The molecule has 0 bridgehead atoms. The summed E-state index contributed by atoms with van der Waals surface area (Å²) in [5.41, 5.74) is 3.22. The summed E-state index contributed by atoms with van der Waals surface area (Å²) in [5, 5.41) is 7.12. The van der Waals surface area contributed by atoms with Gasteiger partial charge in [-0.3, -0.25) is 4.79 Å². The standard InChI is InChI=1S/C22H25N3O2/c1-15(2)20(23-19(26)14-11-17-7-5-4-6-8-17)22-24-21(25-27-22)18-12-9-16(3)10-13-18/h4-10,12-13,15,20H,11,14H2,1-3H3,(H,23,26). The highest BCUT2D eigenvalue weighted by Gasteiger charge is 2.24. The third-order valence-corrected chi connectivity index (χ3v) is 4.48. The van der Waals surface area contributed by atoms with Gasteiger partial charge in [-0.1, -0.05) is 79.2 Å². The largest absolute Gasteiger partial charge is 0.344 e. The fourth-order valence-electron chi connectivity index (χ4n) is 2.84. The van der Waals surface area contributed by atoms with E-state index in [-0.39, 0.29) is 17.9 Å². The van der Waals surface area contributed by atoms with E-state index in [2.05, 4.69) is 15.5 Å². The number of benzene rings is 2. The monoisotopic (exact) mass is 363 g/mol. The summed E-state index contributed by atoms with van der Waals surface area (Å²) in [6, 6.07) is 17.6. The van der Waals surface area contributed by atoms with E-state index in [4.69, 9.17) is 4.52 Å². The van der Waals surface area contributed by atoms with Crippen molar-refractivity contribution in [1.29, 1.82) is 0 Å². The Balaban J connectivity index is 1.66. The van der Waals surface area contributed by atoms with Gasteiger partial charge < -0.3 is 9.84 Å². The van der Waals surface area contributed by atoms with Gasteiger partial charge in [0.25, 0.3) is 0 Å². The molecule has 0 saturated carbocycles. The molecule has 5 heteroatoms. The normalized spacial score (nSPS) is 12.1. The number of hydrogen-bond acceptors (Lipinski definition) is 4. The van der Waals surface area contributed by atoms with E-state index in [1.165, 1.54) is 5.56 Å². The summed E-state index contributed by atoms with van der Waals surface area (Å²) in [5.74, 6) is 1.09. The highest BCUT2D eigenvalue weighted by Crippen LogP contribution is 2.24. The molecular weight excluding hydrogens is 338 g/mol. The van der Waals surface area contributed by atoms with E-state index >= 15 is 0 Å². The van der Waals surface area contributed by atoms with Gasteiger partial charge in [0, 0.05) is 12.0 Å². The molecule has 0 spiro atoms. The van der Waals surface area contributed by atoms with Gasteiger partial charge in [-0.25, -0.2) is 0 Å². The minimum absolute atomic E-state index is 0.0207. The molecule has 0 saturated heterocycles. The van der Waals surface area contributed by atoms with E-state index in [1.54, 1.807) is 0 Å². The van der Waals surface area contributed by atoms with Crippen LogP contribution in [0.4, 0.5) is 0 Å². The molecule has 0 radical (unpaired) electrons. The van der Waals surface area contributed by atoms with Gasteiger partial charge in [-0.15, -0.1) is 0 Å². The highest BCUT2D eigenvalue weighted by atomic mass is 16.5. The highest BCUT2D eigenvalue weighted by molar-refractivity contribution is 5.76. The average molecular weight is 363 g/mol. The molecule has 140 valence electrons. The Kier molecular flexibility index (Phi) is 6.01. The second-order valence-corrected chi connectivity index (χ2v) is 7.10. The maximum atomic E-state index is 12.4. The van der Waals surface area contributed by atoms with Gasteiger partial charge in [-0.05, 0) is 24.8 Å². The zero-order valence-corrected chi connectivity index (χ0v) is 16.0. The summed E-state index contributed by atoms with van der Waals surface area (Å²) in [6.07, 6.45) is 1.13. The van der Waals surface area contributed by atoms with Crippen molar-refractivity contribution >= 4 is 5.91 Å². The van der Waals surface area contributed by atoms with Crippen LogP contribution in [0.2, 0.25) is 0 Å². The van der Waals surface area contributed by atoms with Crippen molar-refractivity contribution in [3.05, 3.63) is 71.6 Å². The van der Waals surface area contributed by atoms with Crippen LogP contribution in [0.25, 0.3) is 11.4 Å². The predicted molar refractivity (Wildman–Crippen MR) is 105 cm³/mol. The lowest BCUT2D eigenvalue weighted by molar-refractivity contribution is -0.122. The summed E-state index contributed by atoms with van der Waals surface area (Å²) in [4.78, 5) is 16.9. The Bertz CT molecular complexity index is 870. The molecule has 2 aromatic carbocycles. The third kappa shape index (κ3) is 5.03. The Morgan fingerprint density at radius 1 is 1.07 bits per heavy atom. The van der Waals surface area contributed by atoms with E-state index < -0.39 is 0 Å². The molecule has 3 rings (SSSR count). The Hall–Kier alpha value is -2.95. The molecule has 1 unspecified atom stereocenters. The van der Waals surface area contributed by atoms with Crippen LogP contribution in [0.5, 0.6) is 0 Å². The number of rotatable bonds is 7. The Labute approximate surface area is 159 Å². The zero-order chi connectivity index (χ0) is 19.2. The van der Waals surface area contributed by atoms with Crippen LogP contribution in [-0.2, 0) is 11.2 Å². The maximum absolute atomic E-state index is 12.4. The lowest BCUT2D eigenvalue weighted by atomic mass is 10.0. The third-order valence-electron chi connectivity index (χ3n) is 4.48. The topological polar surface area (TPSA) is 68.0 Å². The summed E-state index contributed by atoms with van der Waals surface area (Å²) < 4.78 is 5.46. The molecule has 1 atom stereocenters. The first kappa shape index (κ1) is 18.8. The Morgan fingerprint density at radius 3 is 2.44 bits per heavy atom. The zero-order valence-electron chi connectivity index (χ0n) is 16.0. The van der Waals surface area contributed by atoms with E-state index in [9.17, 15) is 4.79 Å². The number of hydrogen-bond donors (Lipinski definition) is 1. The minimum atomic E-state index is -0.306. The van der Waals surface area contributed by atoms with Gasteiger partial charge in [0.15, 0.2) is 0 Å². The first-order valence-corrected chi connectivity index (χ1v) is 9.27. The van der Waals surface area contributed by atoms with Crippen molar-refractivity contribution in [3.63, 3.8) is 0 Å². The second-order valence-electron chi connectivity index (χ2n) is 7.10. The minimum Gasteiger partial charge on any atom is -0.344 e. The molecule has 0 aliphatic rings. The maximum Gasteiger partial charge on any atom is 0.249 e. The van der Waals surface area contributed by atoms with Crippen LogP contribution in [0, 0.1) is 12.8 Å². The molecule has 0 aliphatic heterocycles. The molecule has 27 heavy (non-hydrogen) atoms. The number of amides is 1. The van der Waals surface area contributed by atoms with Gasteiger partial charge >= 0.3 is 0 Å². The van der Waals surface area contributed by atoms with Crippen molar-refractivity contribution in [2.45, 2.75) is 39.7 Å². The number of nitrogens with one attached hydrogen (secondary N) is 1. The Morgan fingerprint density at radius 2 is 1.78 bits per heavy atom. The van der Waals surface area contributed by atoms with Crippen molar-refractivity contribution in [1.82, 2.24) is 15.5 Å². The molecule has 0 aliphatic carbocycles. The van der Waals surface area contributed by atoms with Crippen LogP contribution in [0.3, 0.4) is 0 Å². The second kappa shape index (κ2) is 8.62. The van der Waals surface area contributed by atoms with Crippen molar-refractivity contribution in [2.24, 2.45) is 5.92 Å². The van der Waals surface area contributed by atoms with E-state index in [1.807, 2.05) is 75.4 Å². The predicted octanol–water partition coefficient (Wildman–Crippen LogP) is 4.49. The van der Waals surface area contributed by atoms with Crippen LogP contribution in [-0.4, -0.2) is 16.0 Å². The van der Waals surface area contributed by atoms with Crippen LogP contribution < -0.4 is 5.32 Å². The summed E-state index contributed by atoms with van der Waals surface area (Å²) >= 11 is 0. The van der Waals surface area contributed by atoms with Gasteiger partial charge in [0.05, 0.1) is 0 Å². The summed E-state index contributed by atoms with van der Waals surface area (Å²) in [7, 11) is 0. The molecular formula is C22H25N3O2. The number of aromatic nitrogens is 2. The quantitative estimate of drug-likeness (QED) is 0.671. The van der Waals surface area contributed by atoms with Crippen molar-refractivity contribution in [3.8, 4) is 11.4 Å². The molecule has 1 amide bonds. The molecule has 0 fully saturated rings. The van der Waals surface area contributed by atoms with Crippen LogP contribution in [0.15, 0.2) is 59.1 Å². The molecule has 1 N–H and O–H groups in total. The van der Waals surface area contributed by atoms with Crippen molar-refractivity contribution in [2.75, 3.05) is 0 Å². The SMILES string of the molecule is Cc1ccc(-c2noc(C(NC(=O)CCc3ccccc3)C(C)C)n2)cc1. The molecule has 1 heterocycles. The van der Waals surface area contributed by atoms with Gasteiger partial charge in [0.2, 0.25) is 17.6 Å². The van der Waals surface area contributed by atoms with Crippen molar-refractivity contribution < 1.29 is 9.32 Å². The fourth-order valence-corrected chi connectivity index (χ4v) is 2.84. The van der Waals surface area contributed by atoms with Gasteiger partial charge in [0.1, 0.15) is 6.04 Å². The van der Waals surface area contributed by atoms with Gasteiger partial charge in [-0.2, -0.15) is 4.98 Å². The number of nitrogens with zero attached hydrogens (tertiary/aromatic N) is 2.